The molecule has 2 heterocycles. The van der Waals surface area contributed by atoms with Crippen LogP contribution in [-0.4, -0.2) is 35.0 Å². The molecule has 1 amide bonds. The fraction of sp³-hybridized carbons (Fsp3) is 0.600. The Bertz CT molecular complexity index is 467. The van der Waals surface area contributed by atoms with Crippen LogP contribution in [0, 0.1) is 5.92 Å². The van der Waals surface area contributed by atoms with Crippen LogP contribution < -0.4 is 4.74 Å². The summed E-state index contributed by atoms with van der Waals surface area (Å²) in [4.78, 5) is 18.2. The Balaban J connectivity index is 1.86. The van der Waals surface area contributed by atoms with E-state index in [1.54, 1.807) is 6.20 Å². The first-order chi connectivity index (χ1) is 9.60. The average molecular weight is 341 g/mol. The number of ether oxygens (including phenoxy) is 1. The normalized spacial score (nSPS) is 19.9. The summed E-state index contributed by atoms with van der Waals surface area (Å²) in [7, 11) is 0. The molecule has 5 heteroatoms. The van der Waals surface area contributed by atoms with E-state index in [1.807, 2.05) is 17.0 Å². The van der Waals surface area contributed by atoms with Crippen LogP contribution >= 0.6 is 15.9 Å². The molecule has 1 aliphatic heterocycles. The highest BCUT2D eigenvalue weighted by molar-refractivity contribution is 9.10. The number of pyridine rings is 1. The summed E-state index contributed by atoms with van der Waals surface area (Å²) in [6.45, 7) is 5.68. The van der Waals surface area contributed by atoms with Crippen molar-refractivity contribution < 1.29 is 9.53 Å². The fourth-order valence-corrected chi connectivity index (χ4v) is 2.59. The highest BCUT2D eigenvalue weighted by atomic mass is 79.9. The van der Waals surface area contributed by atoms with Crippen molar-refractivity contribution in [2.24, 2.45) is 5.92 Å². The van der Waals surface area contributed by atoms with Crippen LogP contribution in [0.2, 0.25) is 0 Å². The van der Waals surface area contributed by atoms with Gasteiger partial charge in [0.1, 0.15) is 6.10 Å². The topological polar surface area (TPSA) is 42.4 Å². The van der Waals surface area contributed by atoms with Crippen LogP contribution in [0.25, 0.3) is 0 Å². The molecule has 2 rings (SSSR count). The Morgan fingerprint density at radius 2 is 2.45 bits per heavy atom. The molecule has 20 heavy (non-hydrogen) atoms. The number of hydrogen-bond acceptors (Lipinski definition) is 3. The van der Waals surface area contributed by atoms with Crippen LogP contribution in [0.15, 0.2) is 22.8 Å². The van der Waals surface area contributed by atoms with E-state index in [9.17, 15) is 4.79 Å². The van der Waals surface area contributed by atoms with Gasteiger partial charge in [-0.2, -0.15) is 0 Å². The number of amides is 1. The molecular formula is C15H21BrN2O2. The third-order valence-corrected chi connectivity index (χ3v) is 4.32. The molecule has 1 aliphatic rings. The van der Waals surface area contributed by atoms with Gasteiger partial charge in [0.2, 0.25) is 11.8 Å². The minimum atomic E-state index is 0.0436. The second-order valence-corrected chi connectivity index (χ2v) is 6.23. The molecule has 0 aromatic carbocycles. The van der Waals surface area contributed by atoms with Crippen molar-refractivity contribution in [2.45, 2.75) is 39.2 Å². The predicted molar refractivity (Wildman–Crippen MR) is 81.6 cm³/mol. The van der Waals surface area contributed by atoms with Crippen molar-refractivity contribution in [3.05, 3.63) is 22.8 Å². The minimum absolute atomic E-state index is 0.0436. The number of likely N-dealkylation sites (tertiary alicyclic amines) is 1. The Labute approximate surface area is 128 Å². The third kappa shape index (κ3) is 3.95. The molecule has 0 N–H and O–H groups in total. The van der Waals surface area contributed by atoms with Gasteiger partial charge in [-0.3, -0.25) is 4.79 Å². The molecule has 0 bridgehead atoms. The van der Waals surface area contributed by atoms with E-state index in [0.717, 1.165) is 23.9 Å². The molecule has 0 radical (unpaired) electrons. The maximum atomic E-state index is 12.1. The van der Waals surface area contributed by atoms with Gasteiger partial charge < -0.3 is 9.64 Å². The monoisotopic (exact) mass is 340 g/mol. The van der Waals surface area contributed by atoms with E-state index in [-0.39, 0.29) is 12.0 Å². The smallest absolute Gasteiger partial charge is 0.228 e. The molecule has 1 fully saturated rings. The molecule has 1 aromatic heterocycles. The quantitative estimate of drug-likeness (QED) is 0.826. The van der Waals surface area contributed by atoms with Gasteiger partial charge in [0.05, 0.1) is 11.0 Å². The summed E-state index contributed by atoms with van der Waals surface area (Å²) in [5, 5.41) is 0. The third-order valence-electron chi connectivity index (χ3n) is 3.72. The van der Waals surface area contributed by atoms with Crippen LogP contribution in [-0.2, 0) is 4.79 Å². The number of halogens is 1. The fourth-order valence-electron chi connectivity index (χ4n) is 2.24. The lowest BCUT2D eigenvalue weighted by Crippen LogP contribution is -2.31. The molecule has 110 valence electrons. The van der Waals surface area contributed by atoms with Crippen LogP contribution in [0.1, 0.15) is 33.1 Å². The van der Waals surface area contributed by atoms with Gasteiger partial charge in [0.15, 0.2) is 0 Å². The maximum Gasteiger partial charge on any atom is 0.228 e. The first-order valence-corrected chi connectivity index (χ1v) is 7.94. The predicted octanol–water partition coefficient (Wildman–Crippen LogP) is 3.26. The number of carbonyl (C=O) groups excluding carboxylic acids is 1. The van der Waals surface area contributed by atoms with Crippen LogP contribution in [0.3, 0.4) is 0 Å². The maximum absolute atomic E-state index is 12.1. The second kappa shape index (κ2) is 7.07. The Morgan fingerprint density at radius 3 is 3.15 bits per heavy atom. The van der Waals surface area contributed by atoms with Crippen molar-refractivity contribution in [3.8, 4) is 5.88 Å². The molecule has 4 nitrogen and oxygen atoms in total. The van der Waals surface area contributed by atoms with Gasteiger partial charge in [-0.25, -0.2) is 4.98 Å². The summed E-state index contributed by atoms with van der Waals surface area (Å²) in [5.74, 6) is 1.30. The van der Waals surface area contributed by atoms with Gasteiger partial charge in [0, 0.05) is 25.6 Å². The minimum Gasteiger partial charge on any atom is -0.472 e. The van der Waals surface area contributed by atoms with Crippen molar-refractivity contribution in [1.29, 1.82) is 0 Å². The zero-order valence-corrected chi connectivity index (χ0v) is 13.6. The van der Waals surface area contributed by atoms with Crippen molar-refractivity contribution in [3.63, 3.8) is 0 Å². The summed E-state index contributed by atoms with van der Waals surface area (Å²) in [5.41, 5.74) is 0. The van der Waals surface area contributed by atoms with Crippen LogP contribution in [0.5, 0.6) is 5.88 Å². The van der Waals surface area contributed by atoms with Crippen molar-refractivity contribution >= 4 is 21.8 Å². The van der Waals surface area contributed by atoms with E-state index >= 15 is 0 Å². The SMILES string of the molecule is CCC(C)CC(=O)N1CCC(Oc2ncccc2Br)C1. The Morgan fingerprint density at radius 1 is 1.65 bits per heavy atom. The second-order valence-electron chi connectivity index (χ2n) is 5.38. The molecule has 1 saturated heterocycles. The molecule has 2 unspecified atom stereocenters. The van der Waals surface area contributed by atoms with E-state index in [1.165, 1.54) is 0 Å². The van der Waals surface area contributed by atoms with Gasteiger partial charge in [0.25, 0.3) is 0 Å². The molecule has 2 atom stereocenters. The van der Waals surface area contributed by atoms with Gasteiger partial charge in [-0.15, -0.1) is 0 Å². The van der Waals surface area contributed by atoms with E-state index in [4.69, 9.17) is 4.74 Å². The largest absolute Gasteiger partial charge is 0.472 e. The number of rotatable bonds is 5. The van der Waals surface area contributed by atoms with Gasteiger partial charge in [-0.1, -0.05) is 20.3 Å². The Kier molecular flexibility index (Phi) is 5.40. The lowest BCUT2D eigenvalue weighted by Gasteiger charge is -2.19. The highest BCUT2D eigenvalue weighted by Crippen LogP contribution is 2.25. The number of aromatic nitrogens is 1. The van der Waals surface area contributed by atoms with Gasteiger partial charge >= 0.3 is 0 Å². The summed E-state index contributed by atoms with van der Waals surface area (Å²) >= 11 is 3.42. The van der Waals surface area contributed by atoms with Crippen LogP contribution in [0.4, 0.5) is 0 Å². The molecule has 1 aromatic rings. The van der Waals surface area contributed by atoms with E-state index < -0.39 is 0 Å². The first-order valence-electron chi connectivity index (χ1n) is 7.15. The summed E-state index contributed by atoms with van der Waals surface area (Å²) in [6, 6.07) is 3.76. The molecular weight excluding hydrogens is 320 g/mol. The van der Waals surface area contributed by atoms with Gasteiger partial charge in [-0.05, 0) is 34.0 Å². The lowest BCUT2D eigenvalue weighted by molar-refractivity contribution is -0.131. The molecule has 0 saturated carbocycles. The zero-order valence-electron chi connectivity index (χ0n) is 12.0. The lowest BCUT2D eigenvalue weighted by atomic mass is 10.0. The molecule has 0 aliphatic carbocycles. The van der Waals surface area contributed by atoms with Crippen molar-refractivity contribution in [2.75, 3.05) is 13.1 Å². The standard InChI is InChI=1S/C15H21BrN2O2/c1-3-11(2)9-14(19)18-8-6-12(10-18)20-15-13(16)5-4-7-17-15/h4-5,7,11-12H,3,6,8-10H2,1-2H3. The first kappa shape index (κ1) is 15.3. The Hall–Kier alpha value is -1.10. The average Bonchev–Trinajstić information content (AvgIpc) is 2.90. The van der Waals surface area contributed by atoms with E-state index in [2.05, 4.69) is 34.8 Å². The summed E-state index contributed by atoms with van der Waals surface area (Å²) < 4.78 is 6.72. The summed E-state index contributed by atoms with van der Waals surface area (Å²) in [6.07, 6.45) is 4.30. The number of nitrogens with zero attached hydrogens (tertiary/aromatic N) is 2. The van der Waals surface area contributed by atoms with E-state index in [0.29, 0.717) is 24.8 Å². The van der Waals surface area contributed by atoms with Crippen molar-refractivity contribution in [1.82, 2.24) is 9.88 Å². The zero-order chi connectivity index (χ0) is 14.5. The number of hydrogen-bond donors (Lipinski definition) is 0. The molecule has 0 spiro atoms. The highest BCUT2D eigenvalue weighted by Gasteiger charge is 2.28. The number of carbonyl (C=O) groups is 1.